The summed E-state index contributed by atoms with van der Waals surface area (Å²) in [7, 11) is -3.41. The van der Waals surface area contributed by atoms with E-state index in [4.69, 9.17) is 13.6 Å². The maximum absolute atomic E-state index is 12.6. The quantitative estimate of drug-likeness (QED) is 0.329. The van der Waals surface area contributed by atoms with Crippen LogP contribution in [0.3, 0.4) is 0 Å². The molecule has 0 heterocycles. The molecule has 0 saturated heterocycles. The van der Waals surface area contributed by atoms with Crippen LogP contribution in [0.2, 0.25) is 0 Å². The molecule has 0 radical (unpaired) electrons. The molecule has 0 aliphatic carbocycles. The molecule has 4 nitrogen and oxygen atoms in total. The van der Waals surface area contributed by atoms with Crippen molar-refractivity contribution in [3.8, 4) is 0 Å². The third-order valence-corrected chi connectivity index (χ3v) is 4.82. The average molecular weight is 308 g/mol. The topological polar surface area (TPSA) is 44.8 Å². The normalized spacial score (nSPS) is 16.3. The maximum atomic E-state index is 12.6. The predicted octanol–water partition coefficient (Wildman–Crippen LogP) is 5.57. The number of phosphoric ester groups is 1. The highest BCUT2D eigenvalue weighted by molar-refractivity contribution is 7.48. The van der Waals surface area contributed by atoms with Crippen molar-refractivity contribution in [3.63, 3.8) is 0 Å². The molecule has 0 rings (SSSR count). The molecular weight excluding hydrogens is 275 g/mol. The molecule has 0 N–H and O–H groups in total. The Kier molecular flexibility index (Phi) is 11.8. The molecule has 0 fully saturated rings. The lowest BCUT2D eigenvalue weighted by Gasteiger charge is -2.23. The molecule has 0 aliphatic heterocycles. The lowest BCUT2D eigenvalue weighted by Crippen LogP contribution is -2.16. The van der Waals surface area contributed by atoms with Gasteiger partial charge >= 0.3 is 7.82 Å². The van der Waals surface area contributed by atoms with Crippen molar-refractivity contribution < 1.29 is 18.1 Å². The highest BCUT2D eigenvalue weighted by atomic mass is 31.2. The van der Waals surface area contributed by atoms with E-state index in [1.165, 1.54) is 12.8 Å². The molecule has 0 saturated carbocycles. The van der Waals surface area contributed by atoms with Crippen LogP contribution in [0.15, 0.2) is 0 Å². The van der Waals surface area contributed by atoms with Gasteiger partial charge in [-0.05, 0) is 25.7 Å². The first-order valence-electron chi connectivity index (χ1n) is 8.02. The van der Waals surface area contributed by atoms with E-state index in [1.54, 1.807) is 0 Å². The summed E-state index contributed by atoms with van der Waals surface area (Å²) < 4.78 is 29.0. The lowest BCUT2D eigenvalue weighted by molar-refractivity contribution is 0.0651. The van der Waals surface area contributed by atoms with Crippen LogP contribution in [-0.4, -0.2) is 19.3 Å². The van der Waals surface area contributed by atoms with Gasteiger partial charge in [0.25, 0.3) is 0 Å². The van der Waals surface area contributed by atoms with Gasteiger partial charge in [0.15, 0.2) is 0 Å². The SMILES string of the molecule is CCCCCCOP(=O)(OCCCC)OC(C)C(C)C. The Morgan fingerprint density at radius 3 is 1.90 bits per heavy atom. The Balaban J connectivity index is 4.26. The van der Waals surface area contributed by atoms with Crippen molar-refractivity contribution in [2.75, 3.05) is 13.2 Å². The van der Waals surface area contributed by atoms with E-state index < -0.39 is 7.82 Å². The van der Waals surface area contributed by atoms with Crippen LogP contribution in [0, 0.1) is 5.92 Å². The highest BCUT2D eigenvalue weighted by Gasteiger charge is 2.30. The molecular formula is C15H33O4P. The van der Waals surface area contributed by atoms with Crippen LogP contribution in [-0.2, 0) is 18.1 Å². The Morgan fingerprint density at radius 2 is 1.40 bits per heavy atom. The molecule has 0 aromatic carbocycles. The highest BCUT2D eigenvalue weighted by Crippen LogP contribution is 2.51. The third-order valence-electron chi connectivity index (χ3n) is 3.23. The molecule has 0 amide bonds. The van der Waals surface area contributed by atoms with Gasteiger partial charge in [0.05, 0.1) is 19.3 Å². The fourth-order valence-corrected chi connectivity index (χ4v) is 3.00. The lowest BCUT2D eigenvalue weighted by atomic mass is 10.1. The predicted molar refractivity (Wildman–Crippen MR) is 83.9 cm³/mol. The van der Waals surface area contributed by atoms with Gasteiger partial charge in [-0.25, -0.2) is 4.57 Å². The first-order valence-corrected chi connectivity index (χ1v) is 9.48. The summed E-state index contributed by atoms with van der Waals surface area (Å²) in [4.78, 5) is 0. The fourth-order valence-electron chi connectivity index (χ4n) is 1.45. The van der Waals surface area contributed by atoms with Crippen LogP contribution < -0.4 is 0 Å². The Morgan fingerprint density at radius 1 is 0.850 bits per heavy atom. The van der Waals surface area contributed by atoms with Crippen molar-refractivity contribution >= 4 is 7.82 Å². The van der Waals surface area contributed by atoms with Gasteiger partial charge in [0, 0.05) is 0 Å². The standard InChI is InChI=1S/C15H33O4P/c1-6-8-10-11-13-18-20(16,17-12-9-7-2)19-15(5)14(3)4/h14-15H,6-13H2,1-5H3. The monoisotopic (exact) mass is 308 g/mol. The number of hydrogen-bond donors (Lipinski definition) is 0. The zero-order chi connectivity index (χ0) is 15.4. The van der Waals surface area contributed by atoms with Crippen molar-refractivity contribution in [3.05, 3.63) is 0 Å². The number of hydrogen-bond acceptors (Lipinski definition) is 4. The average Bonchev–Trinajstić information content (AvgIpc) is 2.38. The second kappa shape index (κ2) is 11.7. The van der Waals surface area contributed by atoms with Gasteiger partial charge in [-0.2, -0.15) is 0 Å². The van der Waals surface area contributed by atoms with E-state index in [0.29, 0.717) is 13.2 Å². The summed E-state index contributed by atoms with van der Waals surface area (Å²) in [5, 5.41) is 0. The summed E-state index contributed by atoms with van der Waals surface area (Å²) >= 11 is 0. The van der Waals surface area contributed by atoms with E-state index >= 15 is 0 Å². The van der Waals surface area contributed by atoms with Crippen molar-refractivity contribution in [2.24, 2.45) is 5.92 Å². The van der Waals surface area contributed by atoms with E-state index in [-0.39, 0.29) is 12.0 Å². The van der Waals surface area contributed by atoms with E-state index in [2.05, 4.69) is 13.8 Å². The van der Waals surface area contributed by atoms with Crippen molar-refractivity contribution in [2.45, 2.75) is 79.2 Å². The second-order valence-electron chi connectivity index (χ2n) is 5.58. The molecule has 0 aromatic rings. The van der Waals surface area contributed by atoms with Gasteiger partial charge < -0.3 is 0 Å². The molecule has 122 valence electrons. The first kappa shape index (κ1) is 20.1. The smallest absolute Gasteiger partial charge is 0.287 e. The molecule has 2 unspecified atom stereocenters. The Bertz CT molecular complexity index is 269. The summed E-state index contributed by atoms with van der Waals surface area (Å²) in [6, 6.07) is 0. The van der Waals surface area contributed by atoms with Gasteiger partial charge in [-0.15, -0.1) is 0 Å². The van der Waals surface area contributed by atoms with Gasteiger partial charge in [0.1, 0.15) is 0 Å². The first-order chi connectivity index (χ1) is 9.45. The molecule has 5 heteroatoms. The minimum Gasteiger partial charge on any atom is -0.287 e. The number of phosphoric acid groups is 1. The fraction of sp³-hybridized carbons (Fsp3) is 1.00. The van der Waals surface area contributed by atoms with Crippen molar-refractivity contribution in [1.82, 2.24) is 0 Å². The summed E-state index contributed by atoms with van der Waals surface area (Å²) in [6.45, 7) is 11.1. The largest absolute Gasteiger partial charge is 0.475 e. The van der Waals surface area contributed by atoms with Gasteiger partial charge in [-0.1, -0.05) is 53.4 Å². The van der Waals surface area contributed by atoms with Crippen LogP contribution in [0.25, 0.3) is 0 Å². The van der Waals surface area contributed by atoms with E-state index in [9.17, 15) is 4.57 Å². The molecule has 0 bridgehead atoms. The second-order valence-corrected chi connectivity index (χ2v) is 7.20. The third kappa shape index (κ3) is 9.93. The summed E-state index contributed by atoms with van der Waals surface area (Å²) in [5.41, 5.74) is 0. The molecule has 0 aliphatic rings. The number of unbranched alkanes of at least 4 members (excludes halogenated alkanes) is 4. The van der Waals surface area contributed by atoms with Crippen LogP contribution >= 0.6 is 7.82 Å². The van der Waals surface area contributed by atoms with Crippen molar-refractivity contribution in [1.29, 1.82) is 0 Å². The van der Waals surface area contributed by atoms with Crippen LogP contribution in [0.1, 0.15) is 73.1 Å². The minimum atomic E-state index is -3.41. The van der Waals surface area contributed by atoms with Gasteiger partial charge in [0.2, 0.25) is 0 Å². The minimum absolute atomic E-state index is 0.141. The molecule has 2 atom stereocenters. The number of rotatable bonds is 13. The zero-order valence-corrected chi connectivity index (χ0v) is 14.8. The molecule has 0 spiro atoms. The van der Waals surface area contributed by atoms with Gasteiger partial charge in [-0.3, -0.25) is 13.6 Å². The van der Waals surface area contributed by atoms with Crippen LogP contribution in [0.4, 0.5) is 0 Å². The zero-order valence-electron chi connectivity index (χ0n) is 13.9. The maximum Gasteiger partial charge on any atom is 0.475 e. The molecule has 20 heavy (non-hydrogen) atoms. The summed E-state index contributed by atoms with van der Waals surface area (Å²) in [6.07, 6.45) is 6.05. The Labute approximate surface area is 125 Å². The molecule has 0 aromatic heterocycles. The van der Waals surface area contributed by atoms with E-state index in [0.717, 1.165) is 25.7 Å². The van der Waals surface area contributed by atoms with Crippen LogP contribution in [0.5, 0.6) is 0 Å². The Hall–Kier alpha value is 0.110. The summed E-state index contributed by atoms with van der Waals surface area (Å²) in [5.74, 6) is 0.279. The van der Waals surface area contributed by atoms with E-state index in [1.807, 2.05) is 20.8 Å².